The Morgan fingerprint density at radius 1 is 1.00 bits per heavy atom. The summed E-state index contributed by atoms with van der Waals surface area (Å²) in [5.74, 6) is 1.41. The summed E-state index contributed by atoms with van der Waals surface area (Å²) in [5, 5.41) is 5.11. The second-order valence-electron chi connectivity index (χ2n) is 4.68. The van der Waals surface area contributed by atoms with Crippen molar-refractivity contribution >= 4 is 51.0 Å². The summed E-state index contributed by atoms with van der Waals surface area (Å²) >= 11 is 15.3. The Kier molecular flexibility index (Phi) is 5.06. The number of benzene rings is 2. The van der Waals surface area contributed by atoms with E-state index in [4.69, 9.17) is 27.6 Å². The van der Waals surface area contributed by atoms with Crippen molar-refractivity contribution in [1.82, 2.24) is 0 Å². The summed E-state index contributed by atoms with van der Waals surface area (Å²) in [7, 11) is 0. The zero-order valence-corrected chi connectivity index (χ0v) is 14.9. The smallest absolute Gasteiger partial charge is 0.147 e. The lowest BCUT2D eigenvalue weighted by Crippen LogP contribution is -1.89. The monoisotopic (exact) mass is 408 g/mol. The van der Waals surface area contributed by atoms with Crippen molar-refractivity contribution in [2.75, 3.05) is 5.43 Å². The van der Waals surface area contributed by atoms with Crippen LogP contribution in [0.3, 0.4) is 0 Å². The van der Waals surface area contributed by atoms with Crippen LogP contribution in [0.1, 0.15) is 5.76 Å². The molecule has 0 aliphatic heterocycles. The molecule has 0 bridgehead atoms. The molecule has 3 nitrogen and oxygen atoms in total. The molecule has 2 aromatic carbocycles. The number of furan rings is 1. The van der Waals surface area contributed by atoms with E-state index in [0.717, 1.165) is 21.5 Å². The lowest BCUT2D eigenvalue weighted by atomic mass is 10.2. The van der Waals surface area contributed by atoms with Crippen LogP contribution in [-0.2, 0) is 0 Å². The van der Waals surface area contributed by atoms with Gasteiger partial charge in [0.15, 0.2) is 0 Å². The molecule has 23 heavy (non-hydrogen) atoms. The summed E-state index contributed by atoms with van der Waals surface area (Å²) < 4.78 is 6.74. The van der Waals surface area contributed by atoms with Crippen LogP contribution in [0.25, 0.3) is 11.3 Å². The van der Waals surface area contributed by atoms with Gasteiger partial charge >= 0.3 is 0 Å². The quantitative estimate of drug-likeness (QED) is 0.396. The van der Waals surface area contributed by atoms with E-state index in [9.17, 15) is 0 Å². The number of anilines is 1. The van der Waals surface area contributed by atoms with E-state index in [1.807, 2.05) is 36.4 Å². The van der Waals surface area contributed by atoms with Crippen molar-refractivity contribution in [3.05, 3.63) is 74.9 Å². The van der Waals surface area contributed by atoms with Crippen LogP contribution in [0.2, 0.25) is 10.0 Å². The summed E-state index contributed by atoms with van der Waals surface area (Å²) in [6, 6.07) is 16.8. The summed E-state index contributed by atoms with van der Waals surface area (Å²) in [6.45, 7) is 0. The first-order chi connectivity index (χ1) is 11.1. The Morgan fingerprint density at radius 2 is 1.83 bits per heavy atom. The predicted molar refractivity (Wildman–Crippen MR) is 99.5 cm³/mol. The molecular formula is C17H11BrCl2N2O. The van der Waals surface area contributed by atoms with Crippen molar-refractivity contribution < 1.29 is 4.42 Å². The molecule has 1 N–H and O–H groups in total. The van der Waals surface area contributed by atoms with Gasteiger partial charge in [-0.1, -0.05) is 57.3 Å². The van der Waals surface area contributed by atoms with Crippen molar-refractivity contribution in [1.29, 1.82) is 0 Å². The molecule has 0 saturated heterocycles. The predicted octanol–water partition coefficient (Wildman–Crippen LogP) is 6.46. The Balaban J connectivity index is 1.71. The molecule has 1 aromatic heterocycles. The molecule has 0 saturated carbocycles. The van der Waals surface area contributed by atoms with Crippen LogP contribution >= 0.6 is 39.1 Å². The standard InChI is InChI=1S/C17H11BrCl2N2O/c18-14-4-2-1-3-13(14)17-8-6-12(23-17)10-21-22-11-5-7-15(19)16(20)9-11/h1-10,22H. The molecule has 0 radical (unpaired) electrons. The fourth-order valence-corrected chi connectivity index (χ4v) is 2.74. The van der Waals surface area contributed by atoms with E-state index in [2.05, 4.69) is 26.5 Å². The largest absolute Gasteiger partial charge is 0.455 e. The van der Waals surface area contributed by atoms with Gasteiger partial charge in [-0.25, -0.2) is 0 Å². The van der Waals surface area contributed by atoms with Crippen LogP contribution in [-0.4, -0.2) is 6.21 Å². The van der Waals surface area contributed by atoms with Gasteiger partial charge in [-0.05, 0) is 36.4 Å². The van der Waals surface area contributed by atoms with E-state index < -0.39 is 0 Å². The number of hydrogen-bond donors (Lipinski definition) is 1. The highest BCUT2D eigenvalue weighted by Crippen LogP contribution is 2.29. The van der Waals surface area contributed by atoms with Crippen molar-refractivity contribution in [3.63, 3.8) is 0 Å². The molecule has 0 aliphatic carbocycles. The first-order valence-electron chi connectivity index (χ1n) is 6.72. The van der Waals surface area contributed by atoms with Crippen LogP contribution in [0, 0.1) is 0 Å². The maximum Gasteiger partial charge on any atom is 0.147 e. The number of nitrogens with zero attached hydrogens (tertiary/aromatic N) is 1. The average molecular weight is 410 g/mol. The molecule has 3 rings (SSSR count). The van der Waals surface area contributed by atoms with Crippen LogP contribution in [0.4, 0.5) is 5.69 Å². The number of hydrogen-bond acceptors (Lipinski definition) is 3. The highest BCUT2D eigenvalue weighted by molar-refractivity contribution is 9.10. The lowest BCUT2D eigenvalue weighted by molar-refractivity contribution is 0.575. The minimum atomic E-state index is 0.473. The maximum atomic E-state index is 5.95. The van der Waals surface area contributed by atoms with Crippen LogP contribution in [0.15, 0.2) is 68.6 Å². The molecule has 0 spiro atoms. The van der Waals surface area contributed by atoms with Gasteiger partial charge in [-0.2, -0.15) is 5.10 Å². The highest BCUT2D eigenvalue weighted by Gasteiger charge is 2.06. The average Bonchev–Trinajstić information content (AvgIpc) is 3.00. The number of rotatable bonds is 4. The minimum Gasteiger partial charge on any atom is -0.455 e. The van der Waals surface area contributed by atoms with Gasteiger partial charge in [0, 0.05) is 10.0 Å². The van der Waals surface area contributed by atoms with E-state index >= 15 is 0 Å². The third-order valence-corrected chi connectivity index (χ3v) is 4.50. The van der Waals surface area contributed by atoms with Crippen molar-refractivity contribution in [3.8, 4) is 11.3 Å². The zero-order valence-electron chi connectivity index (χ0n) is 11.8. The van der Waals surface area contributed by atoms with Gasteiger partial charge in [0.1, 0.15) is 11.5 Å². The maximum absolute atomic E-state index is 5.95. The molecule has 3 aromatic rings. The molecule has 0 fully saturated rings. The molecule has 116 valence electrons. The molecule has 0 atom stereocenters. The number of hydrazone groups is 1. The van der Waals surface area contributed by atoms with Gasteiger partial charge < -0.3 is 4.42 Å². The third kappa shape index (κ3) is 3.96. The van der Waals surface area contributed by atoms with Crippen LogP contribution < -0.4 is 5.43 Å². The van der Waals surface area contributed by atoms with Gasteiger partial charge in [0.05, 0.1) is 21.9 Å². The molecule has 6 heteroatoms. The normalized spacial score (nSPS) is 11.1. The van der Waals surface area contributed by atoms with Crippen molar-refractivity contribution in [2.24, 2.45) is 5.10 Å². The molecule has 0 unspecified atom stereocenters. The first kappa shape index (κ1) is 16.1. The van der Waals surface area contributed by atoms with Crippen LogP contribution in [0.5, 0.6) is 0 Å². The molecule has 1 heterocycles. The summed E-state index contributed by atoms with van der Waals surface area (Å²) in [4.78, 5) is 0. The van der Waals surface area contributed by atoms with E-state index in [0.29, 0.717) is 15.8 Å². The lowest BCUT2D eigenvalue weighted by Gasteiger charge is -2.01. The SMILES string of the molecule is Clc1ccc(NN=Cc2ccc(-c3ccccc3Br)o2)cc1Cl. The Labute approximate surface area is 152 Å². The Hall–Kier alpha value is -1.75. The first-order valence-corrected chi connectivity index (χ1v) is 8.27. The third-order valence-electron chi connectivity index (χ3n) is 3.07. The molecular weight excluding hydrogens is 399 g/mol. The van der Waals surface area contributed by atoms with Gasteiger partial charge in [-0.3, -0.25) is 5.43 Å². The van der Waals surface area contributed by atoms with E-state index in [-0.39, 0.29) is 0 Å². The van der Waals surface area contributed by atoms with E-state index in [1.54, 1.807) is 24.4 Å². The van der Waals surface area contributed by atoms with Gasteiger partial charge in [0.2, 0.25) is 0 Å². The Morgan fingerprint density at radius 3 is 2.61 bits per heavy atom. The highest BCUT2D eigenvalue weighted by atomic mass is 79.9. The van der Waals surface area contributed by atoms with Crippen molar-refractivity contribution in [2.45, 2.75) is 0 Å². The fourth-order valence-electron chi connectivity index (χ4n) is 1.96. The number of halogens is 3. The molecule has 0 aliphatic rings. The van der Waals surface area contributed by atoms with E-state index in [1.165, 1.54) is 0 Å². The summed E-state index contributed by atoms with van der Waals surface area (Å²) in [5.41, 5.74) is 4.61. The molecule has 0 amide bonds. The zero-order chi connectivity index (χ0) is 16.2. The second-order valence-corrected chi connectivity index (χ2v) is 6.35. The Bertz CT molecular complexity index is 861. The summed E-state index contributed by atoms with van der Waals surface area (Å²) in [6.07, 6.45) is 1.60. The minimum absolute atomic E-state index is 0.473. The van der Waals surface area contributed by atoms with Gasteiger partial charge in [0.25, 0.3) is 0 Å². The number of nitrogens with one attached hydrogen (secondary N) is 1. The fraction of sp³-hybridized carbons (Fsp3) is 0. The van der Waals surface area contributed by atoms with Gasteiger partial charge in [-0.15, -0.1) is 0 Å². The topological polar surface area (TPSA) is 37.5 Å². The second kappa shape index (κ2) is 7.21.